The van der Waals surface area contributed by atoms with Crippen molar-refractivity contribution in [2.45, 2.75) is 50.9 Å². The lowest BCUT2D eigenvalue weighted by molar-refractivity contribution is 0.255. The molecule has 2 atom stereocenters. The molecule has 0 amide bonds. The molecule has 0 aromatic carbocycles. The molecule has 0 saturated heterocycles. The summed E-state index contributed by atoms with van der Waals surface area (Å²) < 4.78 is 2.12. The van der Waals surface area contributed by atoms with Gasteiger partial charge in [-0.15, -0.1) is 0 Å². The van der Waals surface area contributed by atoms with Crippen molar-refractivity contribution in [1.82, 2.24) is 8.96 Å². The number of aliphatic hydroxyl groups excluding tert-OH is 1. The molecule has 20 heavy (non-hydrogen) atoms. The standard InChI is InChI=1S/C16H24N2OS/c1-2-16(19)20(18-10-9-17-13-18)11-8-15(12-20)14-6-4-3-5-7-14/h8-14,16,19H,2-7H2,1H3. The van der Waals surface area contributed by atoms with E-state index in [4.69, 9.17) is 0 Å². The van der Waals surface area contributed by atoms with Gasteiger partial charge in [0, 0.05) is 12.4 Å². The van der Waals surface area contributed by atoms with E-state index in [0.717, 1.165) is 6.42 Å². The molecule has 1 N–H and O–H groups in total. The Labute approximate surface area is 122 Å². The van der Waals surface area contributed by atoms with E-state index in [1.165, 1.54) is 37.7 Å². The lowest BCUT2D eigenvalue weighted by Crippen LogP contribution is -2.18. The Morgan fingerprint density at radius 2 is 2.20 bits per heavy atom. The highest BCUT2D eigenvalue weighted by atomic mass is 32.3. The van der Waals surface area contributed by atoms with E-state index < -0.39 is 10.2 Å². The van der Waals surface area contributed by atoms with Crippen LogP contribution in [0.4, 0.5) is 0 Å². The Kier molecular flexibility index (Phi) is 4.03. The fourth-order valence-electron chi connectivity index (χ4n) is 3.29. The quantitative estimate of drug-likeness (QED) is 0.904. The molecule has 0 spiro atoms. The molecule has 0 bridgehead atoms. The van der Waals surface area contributed by atoms with Gasteiger partial charge < -0.3 is 5.11 Å². The molecule has 4 heteroatoms. The van der Waals surface area contributed by atoms with Crippen LogP contribution in [0.5, 0.6) is 0 Å². The first kappa shape index (κ1) is 14.0. The predicted molar refractivity (Wildman–Crippen MR) is 85.3 cm³/mol. The molecule has 1 fully saturated rings. The van der Waals surface area contributed by atoms with Crippen LogP contribution in [0.2, 0.25) is 0 Å². The minimum atomic E-state index is -1.46. The van der Waals surface area contributed by atoms with Gasteiger partial charge >= 0.3 is 0 Å². The highest BCUT2D eigenvalue weighted by molar-refractivity contribution is 8.37. The summed E-state index contributed by atoms with van der Waals surface area (Å²) in [6, 6.07) is 0. The summed E-state index contributed by atoms with van der Waals surface area (Å²) >= 11 is 0. The second kappa shape index (κ2) is 5.78. The maximum atomic E-state index is 10.6. The van der Waals surface area contributed by atoms with Crippen molar-refractivity contribution in [3.8, 4) is 0 Å². The van der Waals surface area contributed by atoms with Gasteiger partial charge in [-0.05, 0) is 41.6 Å². The fourth-order valence-corrected chi connectivity index (χ4v) is 6.35. The van der Waals surface area contributed by atoms with Crippen LogP contribution in [0.25, 0.3) is 0 Å². The molecule has 3 nitrogen and oxygen atoms in total. The maximum absolute atomic E-state index is 10.6. The van der Waals surface area contributed by atoms with Gasteiger partial charge in [0.25, 0.3) is 0 Å². The van der Waals surface area contributed by atoms with E-state index >= 15 is 0 Å². The Morgan fingerprint density at radius 1 is 1.40 bits per heavy atom. The average Bonchev–Trinajstić information content (AvgIpc) is 3.17. The van der Waals surface area contributed by atoms with Crippen LogP contribution in [0.1, 0.15) is 45.4 Å². The van der Waals surface area contributed by atoms with Crippen LogP contribution >= 0.6 is 10.2 Å². The molecule has 0 radical (unpaired) electrons. The molecule has 2 unspecified atom stereocenters. The minimum absolute atomic E-state index is 0.325. The number of hydrogen-bond acceptors (Lipinski definition) is 2. The van der Waals surface area contributed by atoms with Crippen molar-refractivity contribution < 1.29 is 5.11 Å². The lowest BCUT2D eigenvalue weighted by atomic mass is 9.84. The molecule has 110 valence electrons. The van der Waals surface area contributed by atoms with Gasteiger partial charge in [0.15, 0.2) is 0 Å². The Bertz CT molecular complexity index is 503. The van der Waals surface area contributed by atoms with Gasteiger partial charge in [-0.3, -0.25) is 3.97 Å². The molecule has 2 aliphatic rings. The number of aromatic nitrogens is 2. The average molecular weight is 292 g/mol. The largest absolute Gasteiger partial charge is 0.382 e. The molecule has 2 heterocycles. The third-order valence-corrected chi connectivity index (χ3v) is 7.88. The van der Waals surface area contributed by atoms with E-state index in [2.05, 4.69) is 32.8 Å². The number of imidazole rings is 1. The van der Waals surface area contributed by atoms with Crippen molar-refractivity contribution in [3.63, 3.8) is 0 Å². The summed E-state index contributed by atoms with van der Waals surface area (Å²) in [4.78, 5) is 4.18. The van der Waals surface area contributed by atoms with Gasteiger partial charge in [-0.25, -0.2) is 4.98 Å². The Hall–Kier alpha value is -1.00. The van der Waals surface area contributed by atoms with Gasteiger partial charge in [-0.1, -0.05) is 42.5 Å². The Balaban J connectivity index is 1.93. The van der Waals surface area contributed by atoms with Gasteiger partial charge in [0.05, 0.1) is 0 Å². The maximum Gasteiger partial charge on any atom is 0.106 e. The van der Waals surface area contributed by atoms with Crippen LogP contribution in [0.15, 0.2) is 41.2 Å². The van der Waals surface area contributed by atoms with Crippen LogP contribution in [-0.4, -0.2) is 19.5 Å². The minimum Gasteiger partial charge on any atom is -0.382 e. The third-order valence-electron chi connectivity index (χ3n) is 4.51. The number of hydrogen-bond donors (Lipinski definition) is 1. The fraction of sp³-hybridized carbons (Fsp3) is 0.562. The van der Waals surface area contributed by atoms with E-state index in [1.54, 1.807) is 6.20 Å². The van der Waals surface area contributed by atoms with Crippen LogP contribution < -0.4 is 0 Å². The zero-order valence-electron chi connectivity index (χ0n) is 12.1. The van der Waals surface area contributed by atoms with Gasteiger partial charge in [-0.2, -0.15) is 0 Å². The smallest absolute Gasteiger partial charge is 0.106 e. The molecule has 1 aromatic heterocycles. The van der Waals surface area contributed by atoms with E-state index in [-0.39, 0.29) is 5.44 Å². The second-order valence-corrected chi connectivity index (χ2v) is 8.69. The van der Waals surface area contributed by atoms with Crippen molar-refractivity contribution in [2.75, 3.05) is 0 Å². The number of nitrogens with zero attached hydrogens (tertiary/aromatic N) is 2. The topological polar surface area (TPSA) is 38.0 Å². The van der Waals surface area contributed by atoms with Crippen LogP contribution in [-0.2, 0) is 0 Å². The molecule has 3 rings (SSSR count). The van der Waals surface area contributed by atoms with Crippen molar-refractivity contribution in [2.24, 2.45) is 5.92 Å². The monoisotopic (exact) mass is 292 g/mol. The summed E-state index contributed by atoms with van der Waals surface area (Å²) in [5.74, 6) is 0.696. The first-order valence-corrected chi connectivity index (χ1v) is 9.42. The summed E-state index contributed by atoms with van der Waals surface area (Å²) in [6.07, 6.45) is 15.4. The SMILES string of the molecule is CCC(O)S1(n2ccnc2)C=CC(C2CCCCC2)=C1. The van der Waals surface area contributed by atoms with Crippen LogP contribution in [0, 0.1) is 5.92 Å². The van der Waals surface area contributed by atoms with E-state index in [0.29, 0.717) is 5.92 Å². The highest BCUT2D eigenvalue weighted by Crippen LogP contribution is 2.61. The first-order valence-electron chi connectivity index (χ1n) is 7.65. The first-order chi connectivity index (χ1) is 9.76. The number of aliphatic hydroxyl groups is 1. The summed E-state index contributed by atoms with van der Waals surface area (Å²) in [6.45, 7) is 2.05. The van der Waals surface area contributed by atoms with Crippen molar-refractivity contribution in [1.29, 1.82) is 0 Å². The predicted octanol–water partition coefficient (Wildman–Crippen LogP) is 4.17. The van der Waals surface area contributed by atoms with E-state index in [9.17, 15) is 5.11 Å². The third kappa shape index (κ3) is 2.35. The molecule has 1 aliphatic heterocycles. The normalized spacial score (nSPS) is 31.8. The molecule has 1 aromatic rings. The number of allylic oxidation sites excluding steroid dienone is 2. The Morgan fingerprint density at radius 3 is 2.85 bits per heavy atom. The molecule has 1 aliphatic carbocycles. The summed E-state index contributed by atoms with van der Waals surface area (Å²) in [7, 11) is -1.46. The number of rotatable bonds is 4. The van der Waals surface area contributed by atoms with Crippen molar-refractivity contribution >= 4 is 10.2 Å². The molecular formula is C16H24N2OS. The molecule has 1 saturated carbocycles. The van der Waals surface area contributed by atoms with E-state index in [1.807, 2.05) is 12.5 Å². The zero-order chi connectivity index (χ0) is 14.0. The zero-order valence-corrected chi connectivity index (χ0v) is 12.9. The van der Waals surface area contributed by atoms with Crippen molar-refractivity contribution in [3.05, 3.63) is 41.2 Å². The molecular weight excluding hydrogens is 268 g/mol. The summed E-state index contributed by atoms with van der Waals surface area (Å²) in [5, 5.41) is 15.2. The van der Waals surface area contributed by atoms with Gasteiger partial charge in [0.1, 0.15) is 11.8 Å². The lowest BCUT2D eigenvalue weighted by Gasteiger charge is -2.37. The highest BCUT2D eigenvalue weighted by Gasteiger charge is 2.33. The second-order valence-electron chi connectivity index (χ2n) is 5.77. The summed E-state index contributed by atoms with van der Waals surface area (Å²) in [5.41, 5.74) is 1.12. The van der Waals surface area contributed by atoms with Gasteiger partial charge in [0.2, 0.25) is 0 Å². The van der Waals surface area contributed by atoms with Crippen LogP contribution in [0.3, 0.4) is 0 Å².